The predicted molar refractivity (Wildman–Crippen MR) is 96.1 cm³/mol. The van der Waals surface area contributed by atoms with E-state index in [0.29, 0.717) is 6.04 Å². The van der Waals surface area contributed by atoms with Crippen molar-refractivity contribution in [3.63, 3.8) is 0 Å². The Hall–Kier alpha value is -1.16. The van der Waals surface area contributed by atoms with Crippen LogP contribution in [0.2, 0.25) is 0 Å². The van der Waals surface area contributed by atoms with Gasteiger partial charge in [0.25, 0.3) is 0 Å². The van der Waals surface area contributed by atoms with E-state index in [1.54, 1.807) is 0 Å². The van der Waals surface area contributed by atoms with E-state index in [9.17, 15) is 0 Å². The zero-order valence-corrected chi connectivity index (χ0v) is 14.4. The van der Waals surface area contributed by atoms with Gasteiger partial charge in [0.2, 0.25) is 0 Å². The Morgan fingerprint density at radius 2 is 1.86 bits per heavy atom. The number of halogens is 1. The van der Waals surface area contributed by atoms with Crippen LogP contribution in [0.5, 0.6) is 0 Å². The molecule has 108 valence electrons. The van der Waals surface area contributed by atoms with Crippen molar-refractivity contribution in [1.29, 1.82) is 0 Å². The maximum Gasteiger partial charge on any atom is 0.0701 e. The number of rotatable bonds is 5. The number of thiophene rings is 1. The van der Waals surface area contributed by atoms with Crippen molar-refractivity contribution in [3.05, 3.63) is 68.8 Å². The van der Waals surface area contributed by atoms with Crippen molar-refractivity contribution in [2.45, 2.75) is 19.4 Å². The maximum absolute atomic E-state index is 3.61. The number of fused-ring (bicyclic) bond motifs is 1. The lowest BCUT2D eigenvalue weighted by molar-refractivity contribution is 0.560. The molecule has 1 unspecified atom stereocenters. The van der Waals surface area contributed by atoms with Gasteiger partial charge in [0.15, 0.2) is 0 Å². The van der Waals surface area contributed by atoms with Crippen molar-refractivity contribution in [3.8, 4) is 0 Å². The van der Waals surface area contributed by atoms with E-state index in [4.69, 9.17) is 0 Å². The number of likely N-dealkylation sites (N-methyl/N-ethyl adjacent to an activating group) is 1. The molecule has 0 saturated carbocycles. The Morgan fingerprint density at radius 1 is 1.05 bits per heavy atom. The van der Waals surface area contributed by atoms with Gasteiger partial charge in [-0.3, -0.25) is 0 Å². The molecule has 1 nitrogen and oxygen atoms in total. The van der Waals surface area contributed by atoms with Gasteiger partial charge >= 0.3 is 0 Å². The first-order valence-electron chi connectivity index (χ1n) is 7.23. The third-order valence-corrected chi connectivity index (χ3v) is 5.43. The lowest BCUT2D eigenvalue weighted by Crippen LogP contribution is -2.22. The van der Waals surface area contributed by atoms with Crippen LogP contribution < -0.4 is 5.32 Å². The van der Waals surface area contributed by atoms with Crippen LogP contribution >= 0.6 is 27.3 Å². The third kappa shape index (κ3) is 3.37. The number of nitrogens with one attached hydrogen (secondary N) is 1. The van der Waals surface area contributed by atoms with Crippen molar-refractivity contribution in [2.75, 3.05) is 6.54 Å². The van der Waals surface area contributed by atoms with E-state index in [1.807, 2.05) is 11.3 Å². The predicted octanol–water partition coefficient (Wildman–Crippen LogP) is 5.56. The average Bonchev–Trinajstić information content (AvgIpc) is 2.94. The van der Waals surface area contributed by atoms with Crippen LogP contribution in [0.1, 0.15) is 23.4 Å². The van der Waals surface area contributed by atoms with Crippen molar-refractivity contribution < 1.29 is 0 Å². The number of benzene rings is 2. The summed E-state index contributed by atoms with van der Waals surface area (Å²) in [7, 11) is 0. The summed E-state index contributed by atoms with van der Waals surface area (Å²) in [6.45, 7) is 3.14. The molecule has 0 fully saturated rings. The van der Waals surface area contributed by atoms with Gasteiger partial charge in [0, 0.05) is 10.9 Å². The minimum atomic E-state index is 0.372. The summed E-state index contributed by atoms with van der Waals surface area (Å²) in [6.07, 6.45) is 1.02. The van der Waals surface area contributed by atoms with Gasteiger partial charge in [0.05, 0.1) is 3.79 Å². The highest BCUT2D eigenvalue weighted by Gasteiger charge is 2.14. The van der Waals surface area contributed by atoms with E-state index < -0.39 is 0 Å². The van der Waals surface area contributed by atoms with Gasteiger partial charge in [-0.05, 0) is 57.4 Å². The molecule has 0 aliphatic heterocycles. The molecule has 0 saturated heterocycles. The SMILES string of the molecule is CCNC(Cc1cccc2ccccc12)c1ccc(Br)s1. The molecule has 1 atom stereocenters. The molecule has 0 aliphatic rings. The molecule has 1 aromatic heterocycles. The Bertz CT molecular complexity index is 729. The van der Waals surface area contributed by atoms with E-state index in [1.165, 1.54) is 25.0 Å². The molecule has 0 bridgehead atoms. The molecule has 0 radical (unpaired) electrons. The molecule has 1 heterocycles. The highest BCUT2D eigenvalue weighted by Crippen LogP contribution is 2.31. The van der Waals surface area contributed by atoms with Crippen molar-refractivity contribution in [1.82, 2.24) is 5.32 Å². The molecule has 1 N–H and O–H groups in total. The summed E-state index contributed by atoms with van der Waals surface area (Å²) in [5.41, 5.74) is 1.41. The van der Waals surface area contributed by atoms with Gasteiger partial charge in [-0.25, -0.2) is 0 Å². The van der Waals surface area contributed by atoms with Crippen LogP contribution in [0.25, 0.3) is 10.8 Å². The average molecular weight is 360 g/mol. The maximum atomic E-state index is 3.61. The quantitative estimate of drug-likeness (QED) is 0.628. The Labute approximate surface area is 138 Å². The van der Waals surface area contributed by atoms with Gasteiger partial charge < -0.3 is 5.32 Å². The molecular formula is C18H18BrNS. The lowest BCUT2D eigenvalue weighted by atomic mass is 9.98. The first kappa shape index (κ1) is 14.8. The van der Waals surface area contributed by atoms with Crippen LogP contribution in [-0.2, 0) is 6.42 Å². The number of hydrogen-bond donors (Lipinski definition) is 1. The smallest absolute Gasteiger partial charge is 0.0701 e. The molecule has 0 spiro atoms. The van der Waals surface area contributed by atoms with E-state index in [2.05, 4.69) is 82.8 Å². The minimum absolute atomic E-state index is 0.372. The van der Waals surface area contributed by atoms with Crippen molar-refractivity contribution >= 4 is 38.0 Å². The second-order valence-electron chi connectivity index (χ2n) is 5.09. The lowest BCUT2D eigenvalue weighted by Gasteiger charge is -2.17. The summed E-state index contributed by atoms with van der Waals surface area (Å²) in [4.78, 5) is 1.39. The monoisotopic (exact) mass is 359 g/mol. The van der Waals surface area contributed by atoms with Gasteiger partial charge in [-0.1, -0.05) is 49.4 Å². The first-order valence-corrected chi connectivity index (χ1v) is 8.84. The Balaban J connectivity index is 1.94. The summed E-state index contributed by atoms with van der Waals surface area (Å²) in [5, 5.41) is 6.29. The zero-order chi connectivity index (χ0) is 14.7. The molecule has 3 rings (SSSR count). The molecule has 3 aromatic rings. The Kier molecular flexibility index (Phi) is 4.73. The molecule has 2 aromatic carbocycles. The Morgan fingerprint density at radius 3 is 2.62 bits per heavy atom. The molecular weight excluding hydrogens is 342 g/mol. The second kappa shape index (κ2) is 6.73. The van der Waals surface area contributed by atoms with Crippen LogP contribution in [0, 0.1) is 0 Å². The third-order valence-electron chi connectivity index (χ3n) is 3.69. The fourth-order valence-corrected chi connectivity index (χ4v) is 4.22. The highest BCUT2D eigenvalue weighted by molar-refractivity contribution is 9.11. The highest BCUT2D eigenvalue weighted by atomic mass is 79.9. The van der Waals surface area contributed by atoms with Gasteiger partial charge in [-0.2, -0.15) is 0 Å². The fourth-order valence-electron chi connectivity index (χ4n) is 2.73. The molecule has 0 aliphatic carbocycles. The van der Waals surface area contributed by atoms with E-state index in [-0.39, 0.29) is 0 Å². The fraction of sp³-hybridized carbons (Fsp3) is 0.222. The molecule has 0 amide bonds. The van der Waals surface area contributed by atoms with Gasteiger partial charge in [-0.15, -0.1) is 11.3 Å². The summed E-state index contributed by atoms with van der Waals surface area (Å²) >= 11 is 5.38. The second-order valence-corrected chi connectivity index (χ2v) is 7.59. The molecule has 3 heteroatoms. The number of hydrogen-bond acceptors (Lipinski definition) is 2. The van der Waals surface area contributed by atoms with E-state index >= 15 is 0 Å². The van der Waals surface area contributed by atoms with Crippen LogP contribution in [0.4, 0.5) is 0 Å². The minimum Gasteiger partial charge on any atom is -0.309 e. The van der Waals surface area contributed by atoms with Crippen LogP contribution in [-0.4, -0.2) is 6.54 Å². The summed E-state index contributed by atoms with van der Waals surface area (Å²) < 4.78 is 1.19. The van der Waals surface area contributed by atoms with Gasteiger partial charge in [0.1, 0.15) is 0 Å². The molecule has 21 heavy (non-hydrogen) atoms. The topological polar surface area (TPSA) is 12.0 Å². The standard InChI is InChI=1S/C18H18BrNS/c1-2-20-16(17-10-11-18(19)21-17)12-14-8-5-7-13-6-3-4-9-15(13)14/h3-11,16,20H,2,12H2,1H3. The summed E-state index contributed by atoms with van der Waals surface area (Å²) in [5.74, 6) is 0. The van der Waals surface area contributed by atoms with E-state index in [0.717, 1.165) is 13.0 Å². The zero-order valence-electron chi connectivity index (χ0n) is 12.0. The summed E-state index contributed by atoms with van der Waals surface area (Å²) in [6, 6.07) is 19.9. The van der Waals surface area contributed by atoms with Crippen molar-refractivity contribution in [2.24, 2.45) is 0 Å². The van der Waals surface area contributed by atoms with Crippen LogP contribution in [0.3, 0.4) is 0 Å². The normalized spacial score (nSPS) is 12.7. The largest absolute Gasteiger partial charge is 0.309 e. The van der Waals surface area contributed by atoms with Crippen LogP contribution in [0.15, 0.2) is 58.4 Å². The first-order chi connectivity index (χ1) is 10.3.